The molecule has 2 nitrogen and oxygen atoms in total. The number of allylic oxidation sites excluding steroid dienone is 1. The van der Waals surface area contributed by atoms with E-state index in [0.29, 0.717) is 17.9 Å². The van der Waals surface area contributed by atoms with E-state index in [0.717, 1.165) is 12.8 Å². The Morgan fingerprint density at radius 2 is 2.11 bits per heavy atom. The Labute approximate surface area is 106 Å². The van der Waals surface area contributed by atoms with Crippen molar-refractivity contribution >= 4 is 0 Å². The van der Waals surface area contributed by atoms with Gasteiger partial charge in [-0.3, -0.25) is 0 Å². The minimum absolute atomic E-state index is 0.0330. The average Bonchev–Trinajstić information content (AvgIpc) is 2.40. The topological polar surface area (TPSA) is 21.3 Å². The molecule has 1 heterocycles. The van der Waals surface area contributed by atoms with Gasteiger partial charge in [-0.15, -0.1) is 0 Å². The van der Waals surface area contributed by atoms with Gasteiger partial charge in [0, 0.05) is 5.56 Å². The summed E-state index contributed by atoms with van der Waals surface area (Å²) in [6, 6.07) is 2.17. The zero-order chi connectivity index (χ0) is 13.1. The summed E-state index contributed by atoms with van der Waals surface area (Å²) >= 11 is 0. The van der Waals surface area contributed by atoms with Crippen molar-refractivity contribution in [2.45, 2.75) is 25.8 Å². The van der Waals surface area contributed by atoms with E-state index in [-0.39, 0.29) is 5.56 Å². The third kappa shape index (κ3) is 2.38. The molecule has 98 valence electrons. The van der Waals surface area contributed by atoms with Crippen LogP contribution in [-0.4, -0.2) is 13.7 Å². The molecule has 0 aliphatic carbocycles. The molecule has 1 aliphatic rings. The maximum absolute atomic E-state index is 14.1. The smallest absolute Gasteiger partial charge is 0.134 e. The lowest BCUT2D eigenvalue weighted by Crippen LogP contribution is -2.24. The lowest BCUT2D eigenvalue weighted by Gasteiger charge is -2.24. The zero-order valence-electron chi connectivity index (χ0n) is 10.6. The van der Waals surface area contributed by atoms with Crippen LogP contribution in [0.25, 0.3) is 0 Å². The molecule has 0 bridgehead atoms. The standard InChI is InChI=1S/C14H17F2NO/c1-9-6-7-10(15)12(13(9)16)14(17-2)11-5-3-4-8-18-11/h5-7,14,17H,3-4,8H2,1-2H3. The first kappa shape index (κ1) is 13.0. The van der Waals surface area contributed by atoms with Crippen LogP contribution in [0.5, 0.6) is 0 Å². The van der Waals surface area contributed by atoms with Crippen LogP contribution in [0.2, 0.25) is 0 Å². The number of likely N-dealkylation sites (N-methyl/N-ethyl adjacent to an activating group) is 1. The highest BCUT2D eigenvalue weighted by Crippen LogP contribution is 2.30. The van der Waals surface area contributed by atoms with Crippen LogP contribution in [0.3, 0.4) is 0 Å². The molecule has 0 aromatic heterocycles. The predicted octanol–water partition coefficient (Wildman–Crippen LogP) is 3.23. The Balaban J connectivity index is 2.44. The summed E-state index contributed by atoms with van der Waals surface area (Å²) in [5, 5.41) is 2.92. The number of hydrogen-bond donors (Lipinski definition) is 1. The molecule has 1 aromatic carbocycles. The Morgan fingerprint density at radius 3 is 2.72 bits per heavy atom. The van der Waals surface area contributed by atoms with E-state index < -0.39 is 17.7 Å². The van der Waals surface area contributed by atoms with Crippen molar-refractivity contribution in [1.29, 1.82) is 0 Å². The van der Waals surface area contributed by atoms with Gasteiger partial charge in [0.05, 0.1) is 12.6 Å². The third-order valence-corrected chi connectivity index (χ3v) is 3.14. The van der Waals surface area contributed by atoms with Crippen molar-refractivity contribution in [3.05, 3.63) is 46.7 Å². The third-order valence-electron chi connectivity index (χ3n) is 3.14. The van der Waals surface area contributed by atoms with Gasteiger partial charge in [-0.2, -0.15) is 0 Å². The highest BCUT2D eigenvalue weighted by molar-refractivity contribution is 5.33. The van der Waals surface area contributed by atoms with Crippen molar-refractivity contribution in [3.8, 4) is 0 Å². The monoisotopic (exact) mass is 253 g/mol. The average molecular weight is 253 g/mol. The minimum Gasteiger partial charge on any atom is -0.496 e. The molecule has 0 radical (unpaired) electrons. The van der Waals surface area contributed by atoms with Crippen molar-refractivity contribution in [2.75, 3.05) is 13.7 Å². The van der Waals surface area contributed by atoms with Crippen molar-refractivity contribution < 1.29 is 13.5 Å². The zero-order valence-corrected chi connectivity index (χ0v) is 10.6. The molecule has 1 atom stereocenters. The molecule has 0 saturated carbocycles. The Hall–Kier alpha value is -1.42. The fourth-order valence-corrected chi connectivity index (χ4v) is 2.15. The van der Waals surface area contributed by atoms with E-state index in [1.165, 1.54) is 12.1 Å². The van der Waals surface area contributed by atoms with E-state index in [9.17, 15) is 8.78 Å². The van der Waals surface area contributed by atoms with Gasteiger partial charge in [0.15, 0.2) is 0 Å². The maximum atomic E-state index is 14.1. The second-order valence-corrected chi connectivity index (χ2v) is 4.41. The first-order chi connectivity index (χ1) is 8.65. The summed E-state index contributed by atoms with van der Waals surface area (Å²) in [4.78, 5) is 0. The molecular weight excluding hydrogens is 236 g/mol. The Morgan fingerprint density at radius 1 is 1.33 bits per heavy atom. The Kier molecular flexibility index (Phi) is 3.97. The van der Waals surface area contributed by atoms with Crippen LogP contribution in [0, 0.1) is 18.6 Å². The van der Waals surface area contributed by atoms with Gasteiger partial charge in [-0.25, -0.2) is 8.78 Å². The van der Waals surface area contributed by atoms with Crippen LogP contribution in [0.15, 0.2) is 24.0 Å². The number of rotatable bonds is 3. The van der Waals surface area contributed by atoms with E-state index in [1.54, 1.807) is 14.0 Å². The minimum atomic E-state index is -0.565. The number of benzene rings is 1. The molecule has 1 unspecified atom stereocenters. The molecule has 1 aliphatic heterocycles. The van der Waals surface area contributed by atoms with Crippen molar-refractivity contribution in [3.63, 3.8) is 0 Å². The molecule has 0 spiro atoms. The second kappa shape index (κ2) is 5.48. The van der Waals surface area contributed by atoms with Gasteiger partial charge in [0.2, 0.25) is 0 Å². The summed E-state index contributed by atoms with van der Waals surface area (Å²) in [6.07, 6.45) is 3.72. The molecule has 0 fully saturated rings. The van der Waals surface area contributed by atoms with Crippen LogP contribution in [0.4, 0.5) is 8.78 Å². The molecule has 1 aromatic rings. The first-order valence-corrected chi connectivity index (χ1v) is 6.09. The van der Waals surface area contributed by atoms with Crippen LogP contribution in [0.1, 0.15) is 30.0 Å². The number of nitrogens with one attached hydrogen (secondary N) is 1. The maximum Gasteiger partial charge on any atom is 0.134 e. The molecule has 0 saturated heterocycles. The van der Waals surface area contributed by atoms with Crippen LogP contribution < -0.4 is 5.32 Å². The van der Waals surface area contributed by atoms with Gasteiger partial charge >= 0.3 is 0 Å². The number of halogens is 2. The van der Waals surface area contributed by atoms with E-state index in [1.807, 2.05) is 6.08 Å². The second-order valence-electron chi connectivity index (χ2n) is 4.41. The van der Waals surface area contributed by atoms with Crippen molar-refractivity contribution in [2.24, 2.45) is 0 Å². The molecule has 2 rings (SSSR count). The highest BCUT2D eigenvalue weighted by Gasteiger charge is 2.25. The van der Waals surface area contributed by atoms with E-state index >= 15 is 0 Å². The van der Waals surface area contributed by atoms with Crippen LogP contribution in [-0.2, 0) is 4.74 Å². The fourth-order valence-electron chi connectivity index (χ4n) is 2.15. The normalized spacial score (nSPS) is 17.0. The number of hydrogen-bond acceptors (Lipinski definition) is 2. The van der Waals surface area contributed by atoms with Gasteiger partial charge in [-0.1, -0.05) is 6.07 Å². The molecule has 18 heavy (non-hydrogen) atoms. The first-order valence-electron chi connectivity index (χ1n) is 6.09. The SMILES string of the molecule is CNC(C1=CCCCO1)c1c(F)ccc(C)c1F. The molecular formula is C14H17F2NO. The summed E-state index contributed by atoms with van der Waals surface area (Å²) in [5.41, 5.74) is 0.466. The lowest BCUT2D eigenvalue weighted by atomic mass is 9.99. The molecule has 4 heteroatoms. The summed E-state index contributed by atoms with van der Waals surface area (Å²) in [5.74, 6) is -0.455. The summed E-state index contributed by atoms with van der Waals surface area (Å²) in [6.45, 7) is 2.22. The lowest BCUT2D eigenvalue weighted by molar-refractivity contribution is 0.167. The Bertz CT molecular complexity index is 471. The van der Waals surface area contributed by atoms with E-state index in [2.05, 4.69) is 5.32 Å². The summed E-state index contributed by atoms with van der Waals surface area (Å²) in [7, 11) is 1.67. The van der Waals surface area contributed by atoms with Crippen molar-refractivity contribution in [1.82, 2.24) is 5.32 Å². The van der Waals surface area contributed by atoms with Gasteiger partial charge in [0.1, 0.15) is 17.4 Å². The van der Waals surface area contributed by atoms with Crippen LogP contribution >= 0.6 is 0 Å². The molecule has 0 amide bonds. The number of aryl methyl sites for hydroxylation is 1. The fraction of sp³-hybridized carbons (Fsp3) is 0.429. The number of ether oxygens (including phenoxy) is 1. The van der Waals surface area contributed by atoms with E-state index in [4.69, 9.17) is 4.74 Å². The highest BCUT2D eigenvalue weighted by atomic mass is 19.1. The molecule has 1 N–H and O–H groups in total. The van der Waals surface area contributed by atoms with Gasteiger partial charge in [0.25, 0.3) is 0 Å². The summed E-state index contributed by atoms with van der Waals surface area (Å²) < 4.78 is 33.5. The predicted molar refractivity (Wildman–Crippen MR) is 66.2 cm³/mol. The van der Waals surface area contributed by atoms with Gasteiger partial charge < -0.3 is 10.1 Å². The quantitative estimate of drug-likeness (QED) is 0.893. The largest absolute Gasteiger partial charge is 0.496 e. The van der Waals surface area contributed by atoms with Gasteiger partial charge in [-0.05, 0) is 44.5 Å².